The second kappa shape index (κ2) is 12.4. The lowest BCUT2D eigenvalue weighted by Crippen LogP contribution is -2.28. The Kier molecular flexibility index (Phi) is 7.12. The fourth-order valence-electron chi connectivity index (χ4n) is 9.49. The Morgan fingerprint density at radius 2 is 1.25 bits per heavy atom. The van der Waals surface area contributed by atoms with Crippen molar-refractivity contribution in [3.05, 3.63) is 168 Å². The van der Waals surface area contributed by atoms with Crippen LogP contribution in [0.15, 0.2) is 156 Å². The van der Waals surface area contributed by atoms with E-state index >= 15 is 0 Å². The molecule has 9 aromatic rings. The zero-order chi connectivity index (χ0) is 36.5. The van der Waals surface area contributed by atoms with Crippen LogP contribution in [0.3, 0.4) is 0 Å². The van der Waals surface area contributed by atoms with Crippen LogP contribution in [0.25, 0.3) is 88.9 Å². The molecule has 0 aliphatic heterocycles. The Morgan fingerprint density at radius 3 is 2.13 bits per heavy atom. The number of hydrogen-bond acceptors (Lipinski definition) is 4. The van der Waals surface area contributed by atoms with Gasteiger partial charge in [-0.25, -0.2) is 9.97 Å². The van der Waals surface area contributed by atoms with Gasteiger partial charge in [0.1, 0.15) is 11.2 Å². The van der Waals surface area contributed by atoms with Crippen LogP contribution in [0, 0.1) is 11.3 Å². The number of furan rings is 1. The number of fused-ring (bicyclic) bond motifs is 9. The van der Waals surface area contributed by atoms with E-state index in [1.54, 1.807) is 0 Å². The summed E-state index contributed by atoms with van der Waals surface area (Å²) >= 11 is 0. The van der Waals surface area contributed by atoms with Gasteiger partial charge in [-0.1, -0.05) is 122 Å². The van der Waals surface area contributed by atoms with Crippen molar-refractivity contribution < 1.29 is 4.42 Å². The van der Waals surface area contributed by atoms with Crippen molar-refractivity contribution in [3.63, 3.8) is 0 Å². The van der Waals surface area contributed by atoms with E-state index in [0.29, 0.717) is 11.4 Å². The third-order valence-electron chi connectivity index (χ3n) is 12.1. The van der Waals surface area contributed by atoms with E-state index in [9.17, 15) is 5.26 Å². The molecule has 1 saturated carbocycles. The van der Waals surface area contributed by atoms with Crippen molar-refractivity contribution in [2.24, 2.45) is 0 Å². The molecule has 0 amide bonds. The topological polar surface area (TPSA) is 62.7 Å². The quantitative estimate of drug-likeness (QED) is 0.183. The molecule has 4 heteroatoms. The Balaban J connectivity index is 1.08. The summed E-state index contributed by atoms with van der Waals surface area (Å²) in [4.78, 5) is 10.5. The SMILES string of the molecule is N#Cc1ccc2c(c1)-c1c(-c3cccc(-c4cc(-c5ccc6c(c5)oc5ccccc56)nc(-c5ccc6ccccc6c5)n4)c3)cccc1C21CCCCC1. The Labute approximate surface area is 319 Å². The minimum atomic E-state index is 0.00177. The predicted octanol–water partition coefficient (Wildman–Crippen LogP) is 13.3. The van der Waals surface area contributed by atoms with E-state index in [2.05, 4.69) is 133 Å². The molecule has 0 atom stereocenters. The average Bonchev–Trinajstić information content (AvgIpc) is 3.76. The molecular weight excluding hydrogens is 671 g/mol. The summed E-state index contributed by atoms with van der Waals surface area (Å²) in [5.41, 5.74) is 14.6. The predicted molar refractivity (Wildman–Crippen MR) is 223 cm³/mol. The van der Waals surface area contributed by atoms with Gasteiger partial charge in [0.15, 0.2) is 5.82 Å². The summed E-state index contributed by atoms with van der Waals surface area (Å²) in [6.45, 7) is 0. The van der Waals surface area contributed by atoms with Gasteiger partial charge in [-0.05, 0) is 106 Å². The van der Waals surface area contributed by atoms with Crippen LogP contribution in [-0.4, -0.2) is 9.97 Å². The fourth-order valence-corrected chi connectivity index (χ4v) is 9.49. The maximum absolute atomic E-state index is 9.95. The van der Waals surface area contributed by atoms with Gasteiger partial charge in [0.25, 0.3) is 0 Å². The number of rotatable bonds is 4. The second-order valence-corrected chi connectivity index (χ2v) is 15.2. The molecule has 2 aromatic heterocycles. The molecule has 11 rings (SSSR count). The first-order chi connectivity index (χ1) is 27.1. The Bertz CT molecular complexity index is 3050. The number of nitrogens with zero attached hydrogens (tertiary/aromatic N) is 3. The van der Waals surface area contributed by atoms with Crippen LogP contribution >= 0.6 is 0 Å². The van der Waals surface area contributed by atoms with Gasteiger partial charge in [-0.15, -0.1) is 0 Å². The molecule has 0 unspecified atom stereocenters. The van der Waals surface area contributed by atoms with Crippen LogP contribution < -0.4 is 0 Å². The van der Waals surface area contributed by atoms with E-state index < -0.39 is 0 Å². The molecule has 55 heavy (non-hydrogen) atoms. The van der Waals surface area contributed by atoms with Crippen LogP contribution in [-0.2, 0) is 5.41 Å². The maximum atomic E-state index is 9.95. The number of aromatic nitrogens is 2. The first kappa shape index (κ1) is 31.7. The molecule has 0 N–H and O–H groups in total. The van der Waals surface area contributed by atoms with Gasteiger partial charge in [0.05, 0.1) is 23.0 Å². The summed E-state index contributed by atoms with van der Waals surface area (Å²) in [7, 11) is 0. The maximum Gasteiger partial charge on any atom is 0.160 e. The smallest absolute Gasteiger partial charge is 0.160 e. The normalized spacial score (nSPS) is 14.3. The highest BCUT2D eigenvalue weighted by Gasteiger charge is 2.44. The van der Waals surface area contributed by atoms with Crippen molar-refractivity contribution in [1.29, 1.82) is 5.26 Å². The molecule has 2 aliphatic carbocycles. The van der Waals surface area contributed by atoms with Crippen LogP contribution in [0.2, 0.25) is 0 Å². The van der Waals surface area contributed by atoms with E-state index in [4.69, 9.17) is 14.4 Å². The van der Waals surface area contributed by atoms with E-state index in [1.807, 2.05) is 24.3 Å². The summed E-state index contributed by atoms with van der Waals surface area (Å²) in [5, 5.41) is 14.5. The van der Waals surface area contributed by atoms with Crippen molar-refractivity contribution in [2.45, 2.75) is 37.5 Å². The lowest BCUT2D eigenvalue weighted by atomic mass is 9.67. The summed E-state index contributed by atoms with van der Waals surface area (Å²) in [6, 6.07) is 55.8. The molecule has 0 bridgehead atoms. The van der Waals surface area contributed by atoms with Gasteiger partial charge >= 0.3 is 0 Å². The largest absolute Gasteiger partial charge is 0.456 e. The highest BCUT2D eigenvalue weighted by atomic mass is 16.3. The molecule has 4 nitrogen and oxygen atoms in total. The van der Waals surface area contributed by atoms with E-state index in [1.165, 1.54) is 52.5 Å². The summed E-state index contributed by atoms with van der Waals surface area (Å²) < 4.78 is 6.31. The monoisotopic (exact) mass is 705 g/mol. The molecule has 2 aliphatic rings. The highest BCUT2D eigenvalue weighted by molar-refractivity contribution is 6.06. The molecule has 0 saturated heterocycles. The van der Waals surface area contributed by atoms with Crippen molar-refractivity contribution in [1.82, 2.24) is 9.97 Å². The van der Waals surface area contributed by atoms with Gasteiger partial charge in [-0.3, -0.25) is 0 Å². The molecule has 260 valence electrons. The van der Waals surface area contributed by atoms with Gasteiger partial charge in [0.2, 0.25) is 0 Å². The number of para-hydroxylation sites is 1. The van der Waals surface area contributed by atoms with Crippen LogP contribution in [0.5, 0.6) is 0 Å². The number of nitriles is 1. The van der Waals surface area contributed by atoms with Crippen molar-refractivity contribution in [3.8, 4) is 62.2 Å². The number of hydrogen-bond donors (Lipinski definition) is 0. The van der Waals surface area contributed by atoms with Crippen molar-refractivity contribution >= 4 is 32.7 Å². The summed E-state index contributed by atoms with van der Waals surface area (Å²) in [5.74, 6) is 0.672. The molecule has 7 aromatic carbocycles. The third kappa shape index (κ3) is 5.04. The second-order valence-electron chi connectivity index (χ2n) is 15.2. The number of benzene rings is 7. The van der Waals surface area contributed by atoms with Crippen molar-refractivity contribution in [2.75, 3.05) is 0 Å². The first-order valence-electron chi connectivity index (χ1n) is 19.2. The third-order valence-corrected chi connectivity index (χ3v) is 12.1. The Hall–Kier alpha value is -6.83. The van der Waals surface area contributed by atoms with Gasteiger partial charge < -0.3 is 4.42 Å². The molecule has 1 spiro atoms. The first-order valence-corrected chi connectivity index (χ1v) is 19.2. The van der Waals surface area contributed by atoms with E-state index in [-0.39, 0.29) is 5.41 Å². The molecular formula is C51H35N3O. The van der Waals surface area contributed by atoms with Crippen LogP contribution in [0.1, 0.15) is 48.8 Å². The highest BCUT2D eigenvalue weighted by Crippen LogP contribution is 2.58. The zero-order valence-corrected chi connectivity index (χ0v) is 30.2. The molecule has 2 heterocycles. The minimum Gasteiger partial charge on any atom is -0.456 e. The summed E-state index contributed by atoms with van der Waals surface area (Å²) in [6.07, 6.45) is 6.00. The zero-order valence-electron chi connectivity index (χ0n) is 30.2. The lowest BCUT2D eigenvalue weighted by Gasteiger charge is -2.36. The minimum absolute atomic E-state index is 0.00177. The fraction of sp³-hybridized carbons (Fsp3) is 0.118. The van der Waals surface area contributed by atoms with E-state index in [0.717, 1.165) is 73.8 Å². The molecule has 0 radical (unpaired) electrons. The van der Waals surface area contributed by atoms with Crippen LogP contribution in [0.4, 0.5) is 0 Å². The lowest BCUT2D eigenvalue weighted by molar-refractivity contribution is 0.353. The average molecular weight is 706 g/mol. The van der Waals surface area contributed by atoms with Gasteiger partial charge in [-0.2, -0.15) is 5.26 Å². The van der Waals surface area contributed by atoms with Gasteiger partial charge in [0, 0.05) is 32.9 Å². The standard InChI is InChI=1S/C51H35N3O/c52-31-32-18-23-43-42(26-32)49-39(15-9-16-44(49)51(43)24-6-1-7-25-51)35-12-8-13-36(28-35)45-30-46(37-21-22-41-40-14-4-5-17-47(40)55-48(41)29-37)54-50(53-45)38-20-19-33-10-2-3-11-34(33)27-38/h2-5,8-23,26-30H,1,6-7,24-25H2. The Morgan fingerprint density at radius 1 is 0.509 bits per heavy atom. The molecule has 1 fully saturated rings.